The molecular formula is C29H38N2O4. The third-order valence-corrected chi connectivity index (χ3v) is 7.32. The lowest BCUT2D eigenvalue weighted by Crippen LogP contribution is -2.47. The number of nitrogens with zero attached hydrogens (tertiary/aromatic N) is 1. The summed E-state index contributed by atoms with van der Waals surface area (Å²) in [6.07, 6.45) is 5.20. The molecule has 2 fully saturated rings. The lowest BCUT2D eigenvalue weighted by atomic mass is 9.87. The summed E-state index contributed by atoms with van der Waals surface area (Å²) in [4.78, 5) is 15.3. The Balaban J connectivity index is 1.12. The van der Waals surface area contributed by atoms with Crippen LogP contribution in [0.2, 0.25) is 0 Å². The molecular weight excluding hydrogens is 440 g/mol. The quantitative estimate of drug-likeness (QED) is 0.648. The summed E-state index contributed by atoms with van der Waals surface area (Å²) in [5, 5.41) is 3.24. The van der Waals surface area contributed by atoms with Crippen molar-refractivity contribution in [2.75, 3.05) is 32.9 Å². The molecule has 35 heavy (non-hydrogen) atoms. The Morgan fingerprint density at radius 1 is 1.11 bits per heavy atom. The fourth-order valence-corrected chi connectivity index (χ4v) is 5.47. The minimum atomic E-state index is -0.0738. The highest BCUT2D eigenvalue weighted by molar-refractivity contribution is 5.94. The van der Waals surface area contributed by atoms with Crippen LogP contribution >= 0.6 is 0 Å². The first kappa shape index (κ1) is 24.3. The van der Waals surface area contributed by atoms with E-state index in [0.717, 1.165) is 70.7 Å². The van der Waals surface area contributed by atoms with Crippen LogP contribution in [0.4, 0.5) is 0 Å². The molecule has 1 N–H and O–H groups in total. The van der Waals surface area contributed by atoms with Crippen LogP contribution in [0, 0.1) is 0 Å². The van der Waals surface area contributed by atoms with Crippen LogP contribution in [0.15, 0.2) is 42.5 Å². The predicted octanol–water partition coefficient (Wildman–Crippen LogP) is 4.14. The number of rotatable bonds is 7. The van der Waals surface area contributed by atoms with E-state index in [0.29, 0.717) is 12.2 Å². The van der Waals surface area contributed by atoms with Crippen molar-refractivity contribution in [3.8, 4) is 5.75 Å². The number of nitrogens with one attached hydrogen (secondary N) is 1. The number of hydrogen-bond acceptors (Lipinski definition) is 5. The summed E-state index contributed by atoms with van der Waals surface area (Å²) in [7, 11) is 0. The van der Waals surface area contributed by atoms with Crippen LogP contribution in [-0.2, 0) is 28.9 Å². The van der Waals surface area contributed by atoms with Gasteiger partial charge in [0.05, 0.1) is 18.3 Å². The van der Waals surface area contributed by atoms with E-state index >= 15 is 0 Å². The van der Waals surface area contributed by atoms with Crippen molar-refractivity contribution in [2.24, 2.45) is 0 Å². The molecule has 2 atom stereocenters. The minimum absolute atomic E-state index is 0.0179. The number of ether oxygens (including phenoxy) is 3. The van der Waals surface area contributed by atoms with E-state index in [1.54, 1.807) is 0 Å². The van der Waals surface area contributed by atoms with Crippen LogP contribution < -0.4 is 10.1 Å². The predicted molar refractivity (Wildman–Crippen MR) is 136 cm³/mol. The first-order chi connectivity index (χ1) is 16.9. The number of morpholine rings is 1. The van der Waals surface area contributed by atoms with Crippen molar-refractivity contribution in [2.45, 2.75) is 70.2 Å². The zero-order valence-corrected chi connectivity index (χ0v) is 21.1. The second-order valence-corrected chi connectivity index (χ2v) is 10.8. The number of carbonyl (C=O) groups is 1. The van der Waals surface area contributed by atoms with Crippen LogP contribution in [0.25, 0.3) is 0 Å². The van der Waals surface area contributed by atoms with Gasteiger partial charge in [0.2, 0.25) is 0 Å². The lowest BCUT2D eigenvalue weighted by molar-refractivity contribution is -0.0882. The van der Waals surface area contributed by atoms with E-state index in [1.165, 1.54) is 16.7 Å². The number of amides is 1. The minimum Gasteiger partial charge on any atom is -0.491 e. The first-order valence-corrected chi connectivity index (χ1v) is 13.1. The fraction of sp³-hybridized carbons (Fsp3) is 0.552. The van der Waals surface area contributed by atoms with Gasteiger partial charge in [-0.1, -0.05) is 18.2 Å². The van der Waals surface area contributed by atoms with Crippen molar-refractivity contribution >= 4 is 5.91 Å². The molecule has 5 rings (SSSR count). The average Bonchev–Trinajstić information content (AvgIpc) is 3.36. The smallest absolute Gasteiger partial charge is 0.251 e. The summed E-state index contributed by atoms with van der Waals surface area (Å²) >= 11 is 0. The molecule has 2 heterocycles. The third kappa shape index (κ3) is 6.43. The number of carbonyl (C=O) groups excluding carboxylic acids is 1. The Bertz CT molecular complexity index is 1010. The molecule has 3 aliphatic rings. The van der Waals surface area contributed by atoms with Crippen molar-refractivity contribution in [3.05, 3.63) is 64.7 Å². The van der Waals surface area contributed by atoms with Crippen molar-refractivity contribution in [3.63, 3.8) is 0 Å². The second kappa shape index (κ2) is 10.7. The van der Waals surface area contributed by atoms with Crippen LogP contribution in [0.1, 0.15) is 60.2 Å². The first-order valence-electron chi connectivity index (χ1n) is 13.1. The van der Waals surface area contributed by atoms with E-state index in [1.807, 2.05) is 24.3 Å². The molecule has 2 aromatic rings. The highest BCUT2D eigenvalue weighted by Gasteiger charge is 2.27. The molecule has 2 saturated heterocycles. The molecule has 2 aromatic carbocycles. The maximum atomic E-state index is 12.8. The fourth-order valence-electron chi connectivity index (χ4n) is 5.47. The second-order valence-electron chi connectivity index (χ2n) is 10.8. The Kier molecular flexibility index (Phi) is 7.42. The number of hydrogen-bond donors (Lipinski definition) is 1. The molecule has 0 aromatic heterocycles. The van der Waals surface area contributed by atoms with Crippen LogP contribution in [0.3, 0.4) is 0 Å². The SMILES string of the molecule is CC1(C)CN(Cc2ccc3c(c2)CC[C@H](NC(=O)c2ccc(OC[C@@H]4CCCO4)cc2)C3)CCO1. The van der Waals surface area contributed by atoms with Gasteiger partial charge in [0.15, 0.2) is 0 Å². The molecule has 2 aliphatic heterocycles. The maximum absolute atomic E-state index is 12.8. The molecule has 0 radical (unpaired) electrons. The van der Waals surface area contributed by atoms with Crippen LogP contribution in [-0.4, -0.2) is 61.5 Å². The van der Waals surface area contributed by atoms with Gasteiger partial charge in [-0.3, -0.25) is 9.69 Å². The zero-order valence-electron chi connectivity index (χ0n) is 21.1. The highest BCUT2D eigenvalue weighted by Crippen LogP contribution is 2.25. The van der Waals surface area contributed by atoms with Crippen molar-refractivity contribution < 1.29 is 19.0 Å². The largest absolute Gasteiger partial charge is 0.491 e. The van der Waals surface area contributed by atoms with Gasteiger partial charge in [0.25, 0.3) is 5.91 Å². The Morgan fingerprint density at radius 2 is 1.97 bits per heavy atom. The molecule has 0 unspecified atom stereocenters. The van der Waals surface area contributed by atoms with Gasteiger partial charge in [-0.15, -0.1) is 0 Å². The average molecular weight is 479 g/mol. The van der Waals surface area contributed by atoms with Gasteiger partial charge >= 0.3 is 0 Å². The van der Waals surface area contributed by atoms with Gasteiger partial charge < -0.3 is 19.5 Å². The summed E-state index contributed by atoms with van der Waals surface area (Å²) < 4.78 is 17.3. The van der Waals surface area contributed by atoms with Gasteiger partial charge in [0, 0.05) is 37.8 Å². The number of aryl methyl sites for hydroxylation is 1. The monoisotopic (exact) mass is 478 g/mol. The van der Waals surface area contributed by atoms with E-state index in [2.05, 4.69) is 42.3 Å². The molecule has 0 bridgehead atoms. The molecule has 6 heteroatoms. The topological polar surface area (TPSA) is 60.0 Å². The van der Waals surface area contributed by atoms with Crippen molar-refractivity contribution in [1.29, 1.82) is 0 Å². The molecule has 6 nitrogen and oxygen atoms in total. The van der Waals surface area contributed by atoms with Gasteiger partial charge in [-0.25, -0.2) is 0 Å². The van der Waals surface area contributed by atoms with E-state index in [-0.39, 0.29) is 23.7 Å². The standard InChI is InChI=1S/C29H38N2O4/c1-29(2)20-31(13-15-35-29)18-21-5-6-24-17-25(10-7-23(24)16-21)30-28(32)22-8-11-26(12-9-22)34-19-27-4-3-14-33-27/h5-6,8-9,11-12,16,25,27H,3-4,7,10,13-15,17-20H2,1-2H3,(H,30,32)/t25-,27-/m0/s1. The summed E-state index contributed by atoms with van der Waals surface area (Å²) in [6.45, 7) is 9.42. The Morgan fingerprint density at radius 3 is 2.74 bits per heavy atom. The summed E-state index contributed by atoms with van der Waals surface area (Å²) in [5.74, 6) is 0.760. The summed E-state index contributed by atoms with van der Waals surface area (Å²) in [6, 6.07) is 14.5. The lowest BCUT2D eigenvalue weighted by Gasteiger charge is -2.38. The van der Waals surface area contributed by atoms with E-state index in [9.17, 15) is 4.79 Å². The molecule has 188 valence electrons. The highest BCUT2D eigenvalue weighted by atomic mass is 16.5. The van der Waals surface area contributed by atoms with Crippen molar-refractivity contribution in [1.82, 2.24) is 10.2 Å². The van der Waals surface area contributed by atoms with Crippen LogP contribution in [0.5, 0.6) is 5.75 Å². The molecule has 0 spiro atoms. The number of fused-ring (bicyclic) bond motifs is 1. The van der Waals surface area contributed by atoms with E-state index < -0.39 is 0 Å². The maximum Gasteiger partial charge on any atom is 0.251 e. The molecule has 1 aliphatic carbocycles. The zero-order chi connectivity index (χ0) is 24.3. The third-order valence-electron chi connectivity index (χ3n) is 7.32. The van der Waals surface area contributed by atoms with Gasteiger partial charge in [-0.05, 0) is 86.9 Å². The summed E-state index contributed by atoms with van der Waals surface area (Å²) in [5.41, 5.74) is 4.74. The number of benzene rings is 2. The van der Waals surface area contributed by atoms with E-state index in [4.69, 9.17) is 14.2 Å². The van der Waals surface area contributed by atoms with Gasteiger partial charge in [0.1, 0.15) is 12.4 Å². The normalized spacial score (nSPS) is 24.1. The Hall–Kier alpha value is -2.41. The molecule has 1 amide bonds. The van der Waals surface area contributed by atoms with Gasteiger partial charge in [-0.2, -0.15) is 0 Å². The Labute approximate surface area is 208 Å². The molecule has 0 saturated carbocycles.